The third-order valence-corrected chi connectivity index (χ3v) is 4.98. The molecule has 1 unspecified atom stereocenters. The van der Waals surface area contributed by atoms with Gasteiger partial charge in [-0.3, -0.25) is 9.69 Å². The molecule has 0 spiro atoms. The first kappa shape index (κ1) is 20.0. The van der Waals surface area contributed by atoms with Crippen LogP contribution in [-0.4, -0.2) is 37.6 Å². The van der Waals surface area contributed by atoms with Crippen molar-refractivity contribution in [2.45, 2.75) is 40.7 Å². The van der Waals surface area contributed by atoms with E-state index in [2.05, 4.69) is 30.1 Å². The second-order valence-corrected chi connectivity index (χ2v) is 6.44. The van der Waals surface area contributed by atoms with Crippen molar-refractivity contribution in [1.29, 1.82) is 0 Å². The van der Waals surface area contributed by atoms with Gasteiger partial charge in [-0.1, -0.05) is 26.0 Å². The number of carbonyl (C=O) groups is 1. The van der Waals surface area contributed by atoms with Gasteiger partial charge >= 0.3 is 0 Å². The Hall–Kier alpha value is -2.27. The summed E-state index contributed by atoms with van der Waals surface area (Å²) in [6.07, 6.45) is 0. The number of rotatable bonds is 8. The van der Waals surface area contributed by atoms with Crippen LogP contribution in [0.2, 0.25) is 0 Å². The molecule has 0 saturated carbocycles. The van der Waals surface area contributed by atoms with E-state index in [4.69, 9.17) is 9.15 Å². The summed E-state index contributed by atoms with van der Waals surface area (Å²) in [6, 6.07) is 8.12. The molecule has 5 nitrogen and oxygen atoms in total. The first-order valence-corrected chi connectivity index (χ1v) is 9.15. The number of hydrogen-bond donors (Lipinski definition) is 1. The summed E-state index contributed by atoms with van der Waals surface area (Å²) in [4.78, 5) is 15.1. The highest BCUT2D eigenvalue weighted by molar-refractivity contribution is 5.96. The minimum Gasteiger partial charge on any atom is -0.497 e. The molecule has 5 heteroatoms. The van der Waals surface area contributed by atoms with Crippen LogP contribution in [0.5, 0.6) is 5.75 Å². The molecule has 142 valence electrons. The van der Waals surface area contributed by atoms with Gasteiger partial charge in [0, 0.05) is 12.1 Å². The first-order chi connectivity index (χ1) is 12.4. The van der Waals surface area contributed by atoms with Crippen LogP contribution in [-0.2, 0) is 0 Å². The average Bonchev–Trinajstić information content (AvgIpc) is 2.90. The Balaban J connectivity index is 2.23. The van der Waals surface area contributed by atoms with Crippen molar-refractivity contribution >= 4 is 5.91 Å². The summed E-state index contributed by atoms with van der Waals surface area (Å²) in [6.45, 7) is 12.2. The zero-order valence-electron chi connectivity index (χ0n) is 16.7. The van der Waals surface area contributed by atoms with E-state index < -0.39 is 0 Å². The summed E-state index contributed by atoms with van der Waals surface area (Å²) in [5.41, 5.74) is 2.68. The molecular formula is C21H30N2O3. The summed E-state index contributed by atoms with van der Waals surface area (Å²) in [5.74, 6) is 2.19. The number of methoxy groups -OCH3 is 1. The van der Waals surface area contributed by atoms with Gasteiger partial charge < -0.3 is 14.5 Å². The molecular weight excluding hydrogens is 328 g/mol. The summed E-state index contributed by atoms with van der Waals surface area (Å²) in [7, 11) is 1.67. The van der Waals surface area contributed by atoms with E-state index in [0.717, 1.165) is 35.7 Å². The lowest BCUT2D eigenvalue weighted by Crippen LogP contribution is -2.38. The Morgan fingerprint density at radius 2 is 1.88 bits per heavy atom. The van der Waals surface area contributed by atoms with Gasteiger partial charge in [0.2, 0.25) is 0 Å². The van der Waals surface area contributed by atoms with Crippen LogP contribution in [0.4, 0.5) is 0 Å². The molecule has 2 rings (SSSR count). The maximum atomic E-state index is 12.7. The van der Waals surface area contributed by atoms with Gasteiger partial charge in [-0.25, -0.2) is 0 Å². The van der Waals surface area contributed by atoms with E-state index in [0.29, 0.717) is 17.9 Å². The number of nitrogens with zero attached hydrogens (tertiary/aromatic N) is 1. The number of likely N-dealkylation sites (N-methyl/N-ethyl adjacent to an activating group) is 1. The fraction of sp³-hybridized carbons (Fsp3) is 0.476. The van der Waals surface area contributed by atoms with E-state index in [9.17, 15) is 4.79 Å². The van der Waals surface area contributed by atoms with Crippen LogP contribution in [0.1, 0.15) is 52.9 Å². The third-order valence-electron chi connectivity index (χ3n) is 4.98. The predicted octanol–water partition coefficient (Wildman–Crippen LogP) is 4.03. The largest absolute Gasteiger partial charge is 0.497 e. The van der Waals surface area contributed by atoms with Crippen molar-refractivity contribution in [2.24, 2.45) is 0 Å². The van der Waals surface area contributed by atoms with Crippen molar-refractivity contribution in [3.05, 3.63) is 52.5 Å². The molecule has 1 aromatic carbocycles. The van der Waals surface area contributed by atoms with Gasteiger partial charge in [0.25, 0.3) is 5.91 Å². The Morgan fingerprint density at radius 1 is 1.19 bits per heavy atom. The van der Waals surface area contributed by atoms with Crippen LogP contribution < -0.4 is 10.1 Å². The molecule has 0 fully saturated rings. The van der Waals surface area contributed by atoms with Crippen LogP contribution in [0, 0.1) is 20.8 Å². The molecule has 0 aliphatic rings. The van der Waals surface area contributed by atoms with Crippen molar-refractivity contribution in [1.82, 2.24) is 10.2 Å². The van der Waals surface area contributed by atoms with E-state index in [1.54, 1.807) is 7.11 Å². The molecule has 1 atom stereocenters. The summed E-state index contributed by atoms with van der Waals surface area (Å²) < 4.78 is 11.0. The molecule has 0 saturated heterocycles. The van der Waals surface area contributed by atoms with Gasteiger partial charge in [0.1, 0.15) is 17.3 Å². The Bertz CT molecular complexity index is 748. The first-order valence-electron chi connectivity index (χ1n) is 9.15. The van der Waals surface area contributed by atoms with E-state index in [1.165, 1.54) is 0 Å². The second-order valence-electron chi connectivity index (χ2n) is 6.44. The number of benzene rings is 1. The lowest BCUT2D eigenvalue weighted by Gasteiger charge is -2.30. The topological polar surface area (TPSA) is 54.7 Å². The minimum absolute atomic E-state index is 0.0812. The number of amides is 1. The Labute approximate surface area is 156 Å². The van der Waals surface area contributed by atoms with Crippen molar-refractivity contribution in [3.8, 4) is 5.75 Å². The number of carbonyl (C=O) groups excluding carboxylic acids is 1. The molecule has 0 aliphatic heterocycles. The van der Waals surface area contributed by atoms with Gasteiger partial charge in [-0.2, -0.15) is 0 Å². The van der Waals surface area contributed by atoms with E-state index >= 15 is 0 Å². The molecule has 1 amide bonds. The standard InChI is InChI=1S/C21H30N2O3/c1-7-23(8-2)19(17-10-9-11-18(12-17)25-6)13-22-21(24)20-14(3)15(4)26-16(20)5/h9-12,19H,7-8,13H2,1-6H3,(H,22,24). The van der Waals surface area contributed by atoms with Gasteiger partial charge in [0.05, 0.1) is 18.7 Å². The van der Waals surface area contributed by atoms with E-state index in [1.807, 2.05) is 39.0 Å². The Morgan fingerprint density at radius 3 is 2.42 bits per heavy atom. The molecule has 2 aromatic rings. The molecule has 26 heavy (non-hydrogen) atoms. The molecule has 1 N–H and O–H groups in total. The fourth-order valence-corrected chi connectivity index (χ4v) is 3.38. The number of hydrogen-bond acceptors (Lipinski definition) is 4. The number of aryl methyl sites for hydroxylation is 2. The SMILES string of the molecule is CCN(CC)C(CNC(=O)c1c(C)oc(C)c1C)c1cccc(OC)c1. The zero-order chi connectivity index (χ0) is 19.3. The third kappa shape index (κ3) is 4.28. The molecule has 0 radical (unpaired) electrons. The van der Waals surface area contributed by atoms with Gasteiger partial charge in [-0.15, -0.1) is 0 Å². The number of nitrogens with one attached hydrogen (secondary N) is 1. The molecule has 1 heterocycles. The normalized spacial score (nSPS) is 12.3. The summed E-state index contributed by atoms with van der Waals surface area (Å²) >= 11 is 0. The monoisotopic (exact) mass is 358 g/mol. The minimum atomic E-state index is -0.0862. The highest BCUT2D eigenvalue weighted by atomic mass is 16.5. The van der Waals surface area contributed by atoms with Crippen LogP contribution in [0.15, 0.2) is 28.7 Å². The van der Waals surface area contributed by atoms with Crippen LogP contribution >= 0.6 is 0 Å². The Kier molecular flexibility index (Phi) is 6.86. The number of ether oxygens (including phenoxy) is 1. The second kappa shape index (κ2) is 8.90. The average molecular weight is 358 g/mol. The molecule has 0 bridgehead atoms. The smallest absolute Gasteiger partial charge is 0.255 e. The van der Waals surface area contributed by atoms with Gasteiger partial charge in [0.15, 0.2) is 0 Å². The van der Waals surface area contributed by atoms with Crippen molar-refractivity contribution in [3.63, 3.8) is 0 Å². The van der Waals surface area contributed by atoms with Gasteiger partial charge in [-0.05, 0) is 51.6 Å². The predicted molar refractivity (Wildman–Crippen MR) is 104 cm³/mol. The quantitative estimate of drug-likeness (QED) is 0.774. The highest BCUT2D eigenvalue weighted by Gasteiger charge is 2.22. The molecule has 1 aromatic heterocycles. The maximum Gasteiger partial charge on any atom is 0.255 e. The highest BCUT2D eigenvalue weighted by Crippen LogP contribution is 2.25. The lowest BCUT2D eigenvalue weighted by molar-refractivity contribution is 0.0933. The van der Waals surface area contributed by atoms with Crippen molar-refractivity contribution in [2.75, 3.05) is 26.7 Å². The van der Waals surface area contributed by atoms with Crippen molar-refractivity contribution < 1.29 is 13.9 Å². The molecule has 0 aliphatic carbocycles. The fourth-order valence-electron chi connectivity index (χ4n) is 3.38. The van der Waals surface area contributed by atoms with Crippen LogP contribution in [0.3, 0.4) is 0 Å². The van der Waals surface area contributed by atoms with Crippen LogP contribution in [0.25, 0.3) is 0 Å². The number of furan rings is 1. The maximum absolute atomic E-state index is 12.7. The van der Waals surface area contributed by atoms with E-state index in [-0.39, 0.29) is 11.9 Å². The zero-order valence-corrected chi connectivity index (χ0v) is 16.7. The lowest BCUT2D eigenvalue weighted by atomic mass is 10.0. The summed E-state index contributed by atoms with van der Waals surface area (Å²) in [5, 5.41) is 3.10.